The number of hydrogen-bond acceptors (Lipinski definition) is 6. The van der Waals surface area contributed by atoms with Gasteiger partial charge < -0.3 is 26.6 Å². The molecule has 9 heteroatoms. The lowest BCUT2D eigenvalue weighted by Crippen LogP contribution is -2.72. The summed E-state index contributed by atoms with van der Waals surface area (Å²) in [5.41, 5.74) is 0. The highest BCUT2D eigenvalue weighted by atomic mass is 28.4. The predicted octanol–water partition coefficient (Wildman–Crippen LogP) is 0.679. The van der Waals surface area contributed by atoms with Crippen molar-refractivity contribution >= 4 is 46.4 Å². The Morgan fingerprint density at radius 2 is 0.690 bits per heavy atom. The van der Waals surface area contributed by atoms with E-state index in [0.717, 1.165) is 10.4 Å². The fraction of sp³-hybridized carbons (Fsp3) is 0.400. The highest BCUT2D eigenvalue weighted by molar-refractivity contribution is 7.06. The first kappa shape index (κ1) is 24.1. The second-order valence-electron chi connectivity index (χ2n) is 7.05. The molecule has 0 unspecified atom stereocenters. The minimum Gasteiger partial charge on any atom is -0.373 e. The van der Waals surface area contributed by atoms with Gasteiger partial charge in [-0.25, -0.2) is 0 Å². The Balaban J connectivity index is 2.78. The second-order valence-corrected chi connectivity index (χ2v) is 17.1. The molecule has 0 amide bonds. The minimum atomic E-state index is -3.02. The Morgan fingerprint density at radius 3 is 0.931 bits per heavy atom. The minimum absolute atomic E-state index is 0.985. The fourth-order valence-corrected chi connectivity index (χ4v) is 13.3. The molecule has 2 aromatic carbocycles. The lowest BCUT2D eigenvalue weighted by Gasteiger charge is -2.35. The maximum Gasteiger partial charge on any atom is 0.536 e. The summed E-state index contributed by atoms with van der Waals surface area (Å²) in [6, 6.07) is 16.5. The standard InChI is InChI=1S/C20H32O6Si3/c1-21-28(22-2,23-3)19-15-11-9-13-17(19)27(7,8)18-14-10-12-16-20(18)29(24-4,25-5)26-6/h9-16H,1-8H3. The third-order valence-corrected chi connectivity index (χ3v) is 15.0. The van der Waals surface area contributed by atoms with Gasteiger partial charge in [0.2, 0.25) is 0 Å². The molecule has 0 radical (unpaired) electrons. The summed E-state index contributed by atoms with van der Waals surface area (Å²) in [5.74, 6) is 0. The van der Waals surface area contributed by atoms with Crippen molar-refractivity contribution in [2.45, 2.75) is 13.1 Å². The van der Waals surface area contributed by atoms with Crippen LogP contribution in [0, 0.1) is 0 Å². The molecule has 0 aliphatic heterocycles. The Kier molecular flexibility index (Phi) is 8.13. The molecule has 0 spiro atoms. The average Bonchev–Trinajstić information content (AvgIpc) is 2.77. The lowest BCUT2D eigenvalue weighted by atomic mass is 10.3. The van der Waals surface area contributed by atoms with Crippen molar-refractivity contribution in [1.82, 2.24) is 0 Å². The van der Waals surface area contributed by atoms with Crippen molar-refractivity contribution in [3.8, 4) is 0 Å². The third kappa shape index (κ3) is 4.20. The summed E-state index contributed by atoms with van der Waals surface area (Å²) < 4.78 is 34.8. The molecule has 29 heavy (non-hydrogen) atoms. The van der Waals surface area contributed by atoms with Gasteiger partial charge >= 0.3 is 17.6 Å². The first-order chi connectivity index (χ1) is 13.8. The van der Waals surface area contributed by atoms with E-state index < -0.39 is 25.7 Å². The van der Waals surface area contributed by atoms with Crippen molar-refractivity contribution in [2.75, 3.05) is 42.7 Å². The molecule has 0 heterocycles. The van der Waals surface area contributed by atoms with Gasteiger partial charge in [-0.3, -0.25) is 0 Å². The zero-order chi connectivity index (χ0) is 21.7. The molecule has 0 aliphatic carbocycles. The molecule has 160 valence electrons. The molecule has 0 saturated heterocycles. The van der Waals surface area contributed by atoms with Gasteiger partial charge in [-0.15, -0.1) is 0 Å². The first-order valence-corrected chi connectivity index (χ1v) is 15.8. The van der Waals surface area contributed by atoms with E-state index in [4.69, 9.17) is 26.6 Å². The van der Waals surface area contributed by atoms with E-state index in [2.05, 4.69) is 25.2 Å². The molecule has 0 bridgehead atoms. The number of benzene rings is 2. The zero-order valence-corrected chi connectivity index (χ0v) is 21.6. The molecule has 0 aromatic heterocycles. The van der Waals surface area contributed by atoms with E-state index in [1.165, 1.54) is 10.4 Å². The number of hydrogen-bond donors (Lipinski definition) is 0. The van der Waals surface area contributed by atoms with Crippen LogP contribution in [-0.4, -0.2) is 68.3 Å². The maximum absolute atomic E-state index is 5.81. The average molecular weight is 453 g/mol. The lowest BCUT2D eigenvalue weighted by molar-refractivity contribution is 0.140. The van der Waals surface area contributed by atoms with E-state index in [1.807, 2.05) is 36.4 Å². The SMILES string of the molecule is CO[Si](OC)(OC)c1ccccc1[Si](C)(C)c1ccccc1[Si](OC)(OC)OC. The van der Waals surface area contributed by atoms with Crippen LogP contribution in [0.3, 0.4) is 0 Å². The summed E-state index contributed by atoms with van der Waals surface area (Å²) >= 11 is 0. The topological polar surface area (TPSA) is 55.4 Å². The maximum atomic E-state index is 5.81. The molecule has 0 atom stereocenters. The van der Waals surface area contributed by atoms with Gasteiger partial charge in [0.1, 0.15) is 8.07 Å². The van der Waals surface area contributed by atoms with Gasteiger partial charge in [0, 0.05) is 53.0 Å². The van der Waals surface area contributed by atoms with Gasteiger partial charge in [-0.2, -0.15) is 0 Å². The quantitative estimate of drug-likeness (QED) is 0.494. The van der Waals surface area contributed by atoms with E-state index in [-0.39, 0.29) is 0 Å². The Labute approximate surface area is 177 Å². The summed E-state index contributed by atoms with van der Waals surface area (Å²) in [4.78, 5) is 0. The zero-order valence-electron chi connectivity index (χ0n) is 18.6. The molecule has 0 N–H and O–H groups in total. The van der Waals surface area contributed by atoms with Crippen molar-refractivity contribution in [3.63, 3.8) is 0 Å². The van der Waals surface area contributed by atoms with Crippen LogP contribution < -0.4 is 20.7 Å². The van der Waals surface area contributed by atoms with Gasteiger partial charge in [0.25, 0.3) is 0 Å². The van der Waals surface area contributed by atoms with Crippen LogP contribution in [0.4, 0.5) is 0 Å². The third-order valence-electron chi connectivity index (χ3n) is 5.47. The molecule has 0 saturated carbocycles. The summed E-state index contributed by atoms with van der Waals surface area (Å²) in [6.45, 7) is 4.59. The van der Waals surface area contributed by atoms with Gasteiger partial charge in [-0.1, -0.05) is 61.6 Å². The van der Waals surface area contributed by atoms with Crippen LogP contribution >= 0.6 is 0 Å². The number of rotatable bonds is 10. The van der Waals surface area contributed by atoms with Crippen LogP contribution in [0.25, 0.3) is 0 Å². The molecule has 0 fully saturated rings. The summed E-state index contributed by atoms with van der Waals surface area (Å²) in [5, 5.41) is 4.35. The molecular weight excluding hydrogens is 420 g/mol. The van der Waals surface area contributed by atoms with E-state index in [0.29, 0.717) is 0 Å². The van der Waals surface area contributed by atoms with Crippen LogP contribution in [-0.2, 0) is 26.6 Å². The molecule has 6 nitrogen and oxygen atoms in total. The van der Waals surface area contributed by atoms with E-state index in [9.17, 15) is 0 Å². The van der Waals surface area contributed by atoms with Crippen LogP contribution in [0.2, 0.25) is 13.1 Å². The van der Waals surface area contributed by atoms with Crippen LogP contribution in [0.15, 0.2) is 48.5 Å². The summed E-state index contributed by atoms with van der Waals surface area (Å²) in [6.07, 6.45) is 0. The van der Waals surface area contributed by atoms with Crippen LogP contribution in [0.1, 0.15) is 0 Å². The fourth-order valence-electron chi connectivity index (χ4n) is 3.90. The van der Waals surface area contributed by atoms with Crippen molar-refractivity contribution in [1.29, 1.82) is 0 Å². The summed E-state index contributed by atoms with van der Waals surface area (Å²) in [7, 11) is 1.51. The van der Waals surface area contributed by atoms with Crippen molar-refractivity contribution < 1.29 is 26.6 Å². The van der Waals surface area contributed by atoms with E-state index >= 15 is 0 Å². The normalized spacial score (nSPS) is 13.0. The molecular formula is C20H32O6Si3. The van der Waals surface area contributed by atoms with Gasteiger partial charge in [0.15, 0.2) is 0 Å². The monoisotopic (exact) mass is 452 g/mol. The van der Waals surface area contributed by atoms with E-state index in [1.54, 1.807) is 42.7 Å². The Morgan fingerprint density at radius 1 is 0.448 bits per heavy atom. The highest BCUT2D eigenvalue weighted by Crippen LogP contribution is 2.13. The highest BCUT2D eigenvalue weighted by Gasteiger charge is 2.49. The predicted molar refractivity (Wildman–Crippen MR) is 122 cm³/mol. The smallest absolute Gasteiger partial charge is 0.373 e. The first-order valence-electron chi connectivity index (χ1n) is 9.33. The van der Waals surface area contributed by atoms with Crippen molar-refractivity contribution in [3.05, 3.63) is 48.5 Å². The van der Waals surface area contributed by atoms with Gasteiger partial charge in [0.05, 0.1) is 0 Å². The van der Waals surface area contributed by atoms with Crippen molar-refractivity contribution in [2.24, 2.45) is 0 Å². The molecule has 2 aromatic rings. The van der Waals surface area contributed by atoms with Crippen LogP contribution in [0.5, 0.6) is 0 Å². The molecule has 0 aliphatic rings. The largest absolute Gasteiger partial charge is 0.536 e. The Hall–Kier alpha value is -1.15. The van der Waals surface area contributed by atoms with Gasteiger partial charge in [-0.05, 0) is 10.4 Å². The molecule has 2 rings (SSSR count). The second kappa shape index (κ2) is 9.77. The Bertz CT molecular complexity index is 724.